The maximum atomic E-state index is 13.6. The van der Waals surface area contributed by atoms with E-state index in [4.69, 9.17) is 14.2 Å². The van der Waals surface area contributed by atoms with E-state index in [1.165, 1.54) is 16.3 Å². The lowest BCUT2D eigenvalue weighted by atomic mass is 9.92. The Morgan fingerprint density at radius 2 is 1.23 bits per heavy atom. The van der Waals surface area contributed by atoms with E-state index in [9.17, 15) is 14.4 Å². The van der Waals surface area contributed by atoms with Crippen molar-refractivity contribution < 1.29 is 28.6 Å². The summed E-state index contributed by atoms with van der Waals surface area (Å²) in [6.07, 6.45) is 1.99. The Bertz CT molecular complexity index is 2220. The van der Waals surface area contributed by atoms with Gasteiger partial charge in [0.25, 0.3) is 0 Å². The first-order valence-corrected chi connectivity index (χ1v) is 17.1. The second-order valence-corrected chi connectivity index (χ2v) is 13.4. The number of benzene rings is 6. The largest absolute Gasteiger partial charge is 0.465 e. The molecule has 6 aromatic carbocycles. The van der Waals surface area contributed by atoms with Crippen molar-refractivity contribution in [3.05, 3.63) is 108 Å². The van der Waals surface area contributed by atoms with Crippen LogP contribution in [0.15, 0.2) is 97.1 Å². The lowest BCUT2D eigenvalue weighted by Gasteiger charge is -2.22. The molecule has 0 aromatic heterocycles. The van der Waals surface area contributed by atoms with Gasteiger partial charge in [-0.1, -0.05) is 72.8 Å². The van der Waals surface area contributed by atoms with Gasteiger partial charge in [0.05, 0.1) is 18.8 Å². The van der Waals surface area contributed by atoms with Crippen LogP contribution in [0, 0.1) is 0 Å². The summed E-state index contributed by atoms with van der Waals surface area (Å²) in [7, 11) is 0. The van der Waals surface area contributed by atoms with Gasteiger partial charge < -0.3 is 14.2 Å². The number of rotatable bonds is 6. The van der Waals surface area contributed by atoms with Crippen molar-refractivity contribution in [2.24, 2.45) is 0 Å². The number of hydrogen-bond donors (Lipinski definition) is 0. The van der Waals surface area contributed by atoms with Crippen molar-refractivity contribution in [2.45, 2.75) is 42.8 Å². The summed E-state index contributed by atoms with van der Waals surface area (Å²) in [5.41, 5.74) is 3.77. The number of esters is 3. The third-order valence-corrected chi connectivity index (χ3v) is 10.6. The fraction of sp³-hybridized carbons (Fsp3) is 0.225. The Balaban J connectivity index is 1.19. The third kappa shape index (κ3) is 5.59. The second-order valence-electron chi connectivity index (χ2n) is 12.2. The highest BCUT2D eigenvalue weighted by Gasteiger charge is 2.30. The molecule has 2 unspecified atom stereocenters. The van der Waals surface area contributed by atoms with Crippen LogP contribution >= 0.6 is 11.8 Å². The first-order valence-electron chi connectivity index (χ1n) is 16.1. The fourth-order valence-corrected chi connectivity index (χ4v) is 8.13. The number of fused-ring (bicyclic) bond motifs is 4. The molecule has 0 spiro atoms. The highest BCUT2D eigenvalue weighted by atomic mass is 32.2. The van der Waals surface area contributed by atoms with E-state index in [0.717, 1.165) is 62.0 Å². The van der Waals surface area contributed by atoms with Crippen LogP contribution in [0.3, 0.4) is 0 Å². The Hall–Kier alpha value is -4.88. The maximum absolute atomic E-state index is 13.6. The lowest BCUT2D eigenvalue weighted by Crippen LogP contribution is -2.33. The van der Waals surface area contributed by atoms with Crippen LogP contribution in [-0.4, -0.2) is 42.5 Å². The Kier molecular flexibility index (Phi) is 7.77. The number of carbonyl (C=O) groups is 3. The number of cyclic esters (lactones) is 2. The zero-order valence-electron chi connectivity index (χ0n) is 25.7. The average Bonchev–Trinajstić information content (AvgIpc) is 3.10. The molecule has 2 atom stereocenters. The van der Waals surface area contributed by atoms with Crippen LogP contribution in [0.4, 0.5) is 0 Å². The molecule has 0 bridgehead atoms. The van der Waals surface area contributed by atoms with E-state index >= 15 is 0 Å². The quantitative estimate of drug-likeness (QED) is 0.102. The molecule has 0 radical (unpaired) electrons. The molecule has 7 heteroatoms. The second kappa shape index (κ2) is 12.4. The van der Waals surface area contributed by atoms with Gasteiger partial charge in [0.2, 0.25) is 0 Å². The summed E-state index contributed by atoms with van der Waals surface area (Å²) < 4.78 is 16.2. The summed E-state index contributed by atoms with van der Waals surface area (Å²) in [5.74, 6) is -0.394. The minimum Gasteiger partial charge on any atom is -0.465 e. The molecule has 2 saturated heterocycles. The highest BCUT2D eigenvalue weighted by molar-refractivity contribution is 7.99. The predicted octanol–water partition coefficient (Wildman–Crippen LogP) is 8.77. The van der Waals surface area contributed by atoms with Gasteiger partial charge in [-0.3, -0.25) is 4.79 Å². The molecular formula is C40H32O6S. The van der Waals surface area contributed by atoms with E-state index in [0.29, 0.717) is 31.6 Å². The normalized spacial score (nSPS) is 18.4. The Labute approximate surface area is 276 Å². The van der Waals surface area contributed by atoms with Crippen LogP contribution in [0.25, 0.3) is 54.2 Å². The fourth-order valence-electron chi connectivity index (χ4n) is 6.91. The van der Waals surface area contributed by atoms with Crippen molar-refractivity contribution in [3.63, 3.8) is 0 Å². The number of carbonyl (C=O) groups excluding carboxylic acids is 3. The SMILES string of the molecule is O=C(OC1CCCOC1=O)c1c2ccccc2cc2cc(-c3ccc4c(CSC5CCCOC5=O)c5ccccc5cc4c3)ccc12. The van der Waals surface area contributed by atoms with Crippen molar-refractivity contribution >= 4 is 72.8 Å². The molecule has 2 aliphatic heterocycles. The minimum atomic E-state index is -0.891. The summed E-state index contributed by atoms with van der Waals surface area (Å²) in [6, 6.07) is 33.2. The van der Waals surface area contributed by atoms with Crippen LogP contribution in [0.5, 0.6) is 0 Å². The Morgan fingerprint density at radius 3 is 1.96 bits per heavy atom. The molecule has 2 fully saturated rings. The average molecular weight is 641 g/mol. The number of hydrogen-bond acceptors (Lipinski definition) is 7. The standard InChI is InChI=1S/C40H32O6S/c41-38-35(11-5-17-44-38)46-40(43)37-32-10-4-2-8-27(32)22-29-20-25(14-16-33(29)37)24-13-15-31-28(19-24)21-26-7-1-3-9-30(26)34(31)23-47-36-12-6-18-45-39(36)42/h1-4,7-10,13-16,19-22,35-36H,5-6,11-12,17-18,23H2. The molecule has 0 aliphatic carbocycles. The van der Waals surface area contributed by atoms with Gasteiger partial charge in [-0.2, -0.15) is 0 Å². The van der Waals surface area contributed by atoms with Gasteiger partial charge in [0.15, 0.2) is 6.10 Å². The van der Waals surface area contributed by atoms with Crippen molar-refractivity contribution in [3.8, 4) is 11.1 Å². The molecule has 0 saturated carbocycles. The van der Waals surface area contributed by atoms with Gasteiger partial charge in [0, 0.05) is 5.75 Å². The van der Waals surface area contributed by atoms with Crippen LogP contribution in [-0.2, 0) is 29.6 Å². The molecule has 47 heavy (non-hydrogen) atoms. The Morgan fingerprint density at radius 1 is 0.660 bits per heavy atom. The van der Waals surface area contributed by atoms with Crippen LogP contribution < -0.4 is 0 Å². The zero-order chi connectivity index (χ0) is 31.9. The summed E-state index contributed by atoms with van der Waals surface area (Å²) >= 11 is 1.67. The highest BCUT2D eigenvalue weighted by Crippen LogP contribution is 2.38. The van der Waals surface area contributed by atoms with E-state index in [1.54, 1.807) is 11.8 Å². The van der Waals surface area contributed by atoms with E-state index in [1.807, 2.05) is 36.4 Å². The molecule has 8 rings (SSSR count). The third-order valence-electron chi connectivity index (χ3n) is 9.29. The predicted molar refractivity (Wildman–Crippen MR) is 187 cm³/mol. The van der Waals surface area contributed by atoms with Crippen molar-refractivity contribution in [1.82, 2.24) is 0 Å². The molecule has 6 nitrogen and oxygen atoms in total. The van der Waals surface area contributed by atoms with Crippen molar-refractivity contribution in [1.29, 1.82) is 0 Å². The maximum Gasteiger partial charge on any atom is 0.347 e. The molecule has 2 aliphatic rings. The monoisotopic (exact) mass is 640 g/mol. The number of thioether (sulfide) groups is 1. The number of ether oxygens (including phenoxy) is 3. The molecule has 6 aromatic rings. The van der Waals surface area contributed by atoms with E-state index in [2.05, 4.69) is 60.7 Å². The van der Waals surface area contributed by atoms with Crippen LogP contribution in [0.2, 0.25) is 0 Å². The van der Waals surface area contributed by atoms with Crippen molar-refractivity contribution in [2.75, 3.05) is 13.2 Å². The molecule has 0 amide bonds. The summed E-state index contributed by atoms with van der Waals surface area (Å²) in [6.45, 7) is 0.873. The van der Waals surface area contributed by atoms with Gasteiger partial charge in [-0.25, -0.2) is 9.59 Å². The smallest absolute Gasteiger partial charge is 0.347 e. The lowest BCUT2D eigenvalue weighted by molar-refractivity contribution is -0.159. The van der Waals surface area contributed by atoms with Gasteiger partial charge in [0.1, 0.15) is 5.25 Å². The summed E-state index contributed by atoms with van der Waals surface area (Å²) in [5, 5.41) is 7.91. The van der Waals surface area contributed by atoms with Crippen LogP contribution in [0.1, 0.15) is 41.6 Å². The van der Waals surface area contributed by atoms with Gasteiger partial charge >= 0.3 is 17.9 Å². The topological polar surface area (TPSA) is 78.9 Å². The molecule has 2 heterocycles. The zero-order valence-corrected chi connectivity index (χ0v) is 26.5. The molecule has 234 valence electrons. The minimum absolute atomic E-state index is 0.106. The van der Waals surface area contributed by atoms with Gasteiger partial charge in [-0.15, -0.1) is 11.8 Å². The summed E-state index contributed by atoms with van der Waals surface area (Å²) in [4.78, 5) is 38.3. The van der Waals surface area contributed by atoms with E-state index < -0.39 is 18.0 Å². The van der Waals surface area contributed by atoms with E-state index in [-0.39, 0.29) is 11.2 Å². The first-order chi connectivity index (χ1) is 23.0. The van der Waals surface area contributed by atoms with Gasteiger partial charge in [-0.05, 0) is 110 Å². The molecular weight excluding hydrogens is 609 g/mol. The first kappa shape index (κ1) is 29.5. The molecule has 0 N–H and O–H groups in total.